The van der Waals surface area contributed by atoms with Gasteiger partial charge in [0.05, 0.1) is 13.2 Å². The first-order valence-corrected chi connectivity index (χ1v) is 7.01. The van der Waals surface area contributed by atoms with Gasteiger partial charge >= 0.3 is 0 Å². The maximum atomic E-state index is 9.74. The second kappa shape index (κ2) is 5.63. The Morgan fingerprint density at radius 3 is 2.95 bits per heavy atom. The monoisotopic (exact) mass is 258 g/mol. The smallest absolute Gasteiger partial charge is 0.132 e. The van der Waals surface area contributed by atoms with Crippen LogP contribution in [0.5, 0.6) is 5.75 Å². The van der Waals surface area contributed by atoms with Gasteiger partial charge in [0.25, 0.3) is 0 Å². The van der Waals surface area contributed by atoms with E-state index < -0.39 is 5.54 Å². The molecule has 0 spiro atoms. The summed E-state index contributed by atoms with van der Waals surface area (Å²) >= 11 is 0. The quantitative estimate of drug-likeness (QED) is 0.902. The first-order chi connectivity index (χ1) is 9.15. The van der Waals surface area contributed by atoms with E-state index in [1.54, 1.807) is 7.11 Å². The number of nitriles is 1. The van der Waals surface area contributed by atoms with E-state index in [1.165, 1.54) is 5.56 Å². The Hall–Kier alpha value is -1.53. The molecule has 1 N–H and O–H groups in total. The zero-order chi connectivity index (χ0) is 13.9. The molecule has 2 unspecified atom stereocenters. The minimum atomic E-state index is -0.558. The molecule has 3 nitrogen and oxygen atoms in total. The maximum absolute atomic E-state index is 9.74. The van der Waals surface area contributed by atoms with Crippen molar-refractivity contribution in [3.8, 4) is 11.8 Å². The van der Waals surface area contributed by atoms with Gasteiger partial charge in [0.15, 0.2) is 0 Å². The number of methoxy groups -OCH3 is 1. The highest BCUT2D eigenvalue weighted by Crippen LogP contribution is 2.37. The molecule has 0 aromatic heterocycles. The highest BCUT2D eigenvalue weighted by molar-refractivity contribution is 5.45. The van der Waals surface area contributed by atoms with Crippen LogP contribution < -0.4 is 10.1 Å². The number of nitrogens with one attached hydrogen (secondary N) is 1. The van der Waals surface area contributed by atoms with Crippen LogP contribution in [0.4, 0.5) is 0 Å². The highest BCUT2D eigenvalue weighted by atomic mass is 16.5. The van der Waals surface area contributed by atoms with Crippen molar-refractivity contribution in [3.05, 3.63) is 29.3 Å². The van der Waals surface area contributed by atoms with Crippen molar-refractivity contribution in [1.29, 1.82) is 5.26 Å². The van der Waals surface area contributed by atoms with Gasteiger partial charge in [-0.15, -0.1) is 0 Å². The number of nitrogens with zero attached hydrogens (tertiary/aromatic N) is 1. The molecule has 0 bridgehead atoms. The van der Waals surface area contributed by atoms with Gasteiger partial charge < -0.3 is 4.74 Å². The average molecular weight is 258 g/mol. The number of aryl methyl sites for hydroxylation is 1. The van der Waals surface area contributed by atoms with E-state index in [1.807, 2.05) is 12.1 Å². The van der Waals surface area contributed by atoms with Crippen LogP contribution in [0.2, 0.25) is 0 Å². The lowest BCUT2D eigenvalue weighted by molar-refractivity contribution is 0.321. The van der Waals surface area contributed by atoms with Crippen molar-refractivity contribution in [3.63, 3.8) is 0 Å². The molecule has 3 heteroatoms. The molecule has 0 fully saturated rings. The summed E-state index contributed by atoms with van der Waals surface area (Å²) in [4.78, 5) is 0. The van der Waals surface area contributed by atoms with E-state index in [0.717, 1.165) is 37.0 Å². The number of fused-ring (bicyclic) bond motifs is 1. The summed E-state index contributed by atoms with van der Waals surface area (Å²) in [6.45, 7) is 4.27. The molecule has 0 saturated heterocycles. The number of hydrogen-bond acceptors (Lipinski definition) is 3. The van der Waals surface area contributed by atoms with Gasteiger partial charge in [-0.3, -0.25) is 5.32 Å². The van der Waals surface area contributed by atoms with Crippen LogP contribution in [0.3, 0.4) is 0 Å². The zero-order valence-electron chi connectivity index (χ0n) is 12.0. The standard InChI is InChI=1S/C16H22N2O/c1-4-12(2)18-16(11-17)9-5-6-13-7-8-14(19-3)10-15(13)16/h7-8,10,12,18H,4-6,9H2,1-3H3. The molecule has 0 aliphatic heterocycles. The minimum Gasteiger partial charge on any atom is -0.497 e. The Labute approximate surface area is 115 Å². The van der Waals surface area contributed by atoms with E-state index in [2.05, 4.69) is 31.3 Å². The normalized spacial score (nSPS) is 23.3. The van der Waals surface area contributed by atoms with Crippen molar-refractivity contribution < 1.29 is 4.74 Å². The van der Waals surface area contributed by atoms with E-state index in [0.29, 0.717) is 6.04 Å². The van der Waals surface area contributed by atoms with Gasteiger partial charge in [-0.25, -0.2) is 0 Å². The fourth-order valence-corrected chi connectivity index (χ4v) is 2.80. The van der Waals surface area contributed by atoms with Crippen LogP contribution in [0.1, 0.15) is 44.2 Å². The predicted octanol–water partition coefficient (Wildman–Crippen LogP) is 3.14. The van der Waals surface area contributed by atoms with E-state index >= 15 is 0 Å². The first kappa shape index (κ1) is 13.9. The van der Waals surface area contributed by atoms with Crippen LogP contribution in [0, 0.1) is 11.3 Å². The maximum Gasteiger partial charge on any atom is 0.132 e. The first-order valence-electron chi connectivity index (χ1n) is 7.01. The van der Waals surface area contributed by atoms with Crippen molar-refractivity contribution in [2.24, 2.45) is 0 Å². The topological polar surface area (TPSA) is 45.0 Å². The zero-order valence-corrected chi connectivity index (χ0v) is 12.0. The van der Waals surface area contributed by atoms with Crippen molar-refractivity contribution >= 4 is 0 Å². The molecule has 2 rings (SSSR count). The fraction of sp³-hybridized carbons (Fsp3) is 0.562. The van der Waals surface area contributed by atoms with Gasteiger partial charge in [0, 0.05) is 6.04 Å². The molecule has 0 saturated carbocycles. The lowest BCUT2D eigenvalue weighted by Crippen LogP contribution is -2.47. The summed E-state index contributed by atoms with van der Waals surface area (Å²) in [5.74, 6) is 0.825. The Kier molecular flexibility index (Phi) is 4.11. The lowest BCUT2D eigenvalue weighted by Gasteiger charge is -2.36. The van der Waals surface area contributed by atoms with E-state index in [4.69, 9.17) is 4.74 Å². The summed E-state index contributed by atoms with van der Waals surface area (Å²) in [7, 11) is 1.67. The SMILES string of the molecule is CCC(C)NC1(C#N)CCCc2ccc(OC)cc21. The molecule has 1 aliphatic carbocycles. The molecule has 19 heavy (non-hydrogen) atoms. The molecule has 1 aliphatic rings. The summed E-state index contributed by atoms with van der Waals surface area (Å²) in [5, 5.41) is 13.3. The van der Waals surface area contributed by atoms with E-state index in [9.17, 15) is 5.26 Å². The van der Waals surface area contributed by atoms with Gasteiger partial charge in [0.1, 0.15) is 11.3 Å². The molecule has 0 heterocycles. The summed E-state index contributed by atoms with van der Waals surface area (Å²) < 4.78 is 5.31. The van der Waals surface area contributed by atoms with Gasteiger partial charge in [0.2, 0.25) is 0 Å². The summed E-state index contributed by atoms with van der Waals surface area (Å²) in [6, 6.07) is 8.95. The Morgan fingerprint density at radius 1 is 1.53 bits per heavy atom. The van der Waals surface area contributed by atoms with Crippen LogP contribution in [0.15, 0.2) is 18.2 Å². The third kappa shape index (κ3) is 2.59. The molecular formula is C16H22N2O. The third-order valence-corrected chi connectivity index (χ3v) is 4.07. The van der Waals surface area contributed by atoms with E-state index in [-0.39, 0.29) is 0 Å². The van der Waals surface area contributed by atoms with Crippen LogP contribution in [0.25, 0.3) is 0 Å². The Balaban J connectivity index is 2.45. The van der Waals surface area contributed by atoms with Crippen LogP contribution >= 0.6 is 0 Å². The number of ether oxygens (including phenoxy) is 1. The predicted molar refractivity (Wildman–Crippen MR) is 76.1 cm³/mol. The molecule has 0 radical (unpaired) electrons. The second-order valence-corrected chi connectivity index (χ2v) is 5.35. The largest absolute Gasteiger partial charge is 0.497 e. The third-order valence-electron chi connectivity index (χ3n) is 4.07. The number of benzene rings is 1. The van der Waals surface area contributed by atoms with Crippen molar-refractivity contribution in [2.45, 2.75) is 51.1 Å². The highest BCUT2D eigenvalue weighted by Gasteiger charge is 2.37. The van der Waals surface area contributed by atoms with Crippen molar-refractivity contribution in [2.75, 3.05) is 7.11 Å². The molecule has 102 valence electrons. The summed E-state index contributed by atoms with van der Waals surface area (Å²) in [5.41, 5.74) is 1.81. The molecular weight excluding hydrogens is 236 g/mol. The Bertz CT molecular complexity index is 492. The van der Waals surface area contributed by atoms with Crippen molar-refractivity contribution in [1.82, 2.24) is 5.32 Å². The fourth-order valence-electron chi connectivity index (χ4n) is 2.80. The lowest BCUT2D eigenvalue weighted by atomic mass is 9.76. The number of hydrogen-bond donors (Lipinski definition) is 1. The second-order valence-electron chi connectivity index (χ2n) is 5.35. The van der Waals surface area contributed by atoms with Crippen LogP contribution in [-0.4, -0.2) is 13.2 Å². The number of rotatable bonds is 4. The molecule has 1 aromatic rings. The minimum absolute atomic E-state index is 0.330. The van der Waals surface area contributed by atoms with Gasteiger partial charge in [-0.1, -0.05) is 13.0 Å². The summed E-state index contributed by atoms with van der Waals surface area (Å²) in [6.07, 6.45) is 3.98. The molecule has 2 atom stereocenters. The van der Waals surface area contributed by atoms with Gasteiger partial charge in [-0.05, 0) is 55.9 Å². The average Bonchev–Trinajstić information content (AvgIpc) is 2.46. The Morgan fingerprint density at radius 2 is 2.32 bits per heavy atom. The molecule has 0 amide bonds. The van der Waals surface area contributed by atoms with Gasteiger partial charge in [-0.2, -0.15) is 5.26 Å². The molecule has 1 aromatic carbocycles. The van der Waals surface area contributed by atoms with Crippen LogP contribution in [-0.2, 0) is 12.0 Å².